The van der Waals surface area contributed by atoms with Gasteiger partial charge in [-0.1, -0.05) is 6.07 Å². The van der Waals surface area contributed by atoms with E-state index in [4.69, 9.17) is 15.0 Å². The van der Waals surface area contributed by atoms with Crippen LogP contribution in [0.2, 0.25) is 0 Å². The SMILES string of the molecule is Cc1ccc(B2OC(C)(C)C(C)(C)O2)nc1N. The van der Waals surface area contributed by atoms with Crippen molar-refractivity contribution in [3.63, 3.8) is 0 Å². The van der Waals surface area contributed by atoms with Crippen LogP contribution < -0.4 is 11.3 Å². The van der Waals surface area contributed by atoms with Gasteiger partial charge in [-0.2, -0.15) is 0 Å². The predicted octanol–water partition coefficient (Wildman–Crippen LogP) is 1.27. The predicted molar refractivity (Wildman–Crippen MR) is 69.1 cm³/mol. The Morgan fingerprint density at radius 3 is 2.12 bits per heavy atom. The second-order valence-electron chi connectivity index (χ2n) is 5.53. The number of nitrogen functional groups attached to an aromatic ring is 1. The lowest BCUT2D eigenvalue weighted by atomic mass is 9.84. The highest BCUT2D eigenvalue weighted by Crippen LogP contribution is 2.36. The molecule has 0 amide bonds. The van der Waals surface area contributed by atoms with Gasteiger partial charge in [0, 0.05) is 0 Å². The highest BCUT2D eigenvalue weighted by molar-refractivity contribution is 6.61. The minimum Gasteiger partial charge on any atom is -0.398 e. The van der Waals surface area contributed by atoms with Crippen molar-refractivity contribution in [2.45, 2.75) is 45.8 Å². The van der Waals surface area contributed by atoms with Crippen LogP contribution in [-0.2, 0) is 9.31 Å². The fraction of sp³-hybridized carbons (Fsp3) is 0.583. The first-order chi connectivity index (χ1) is 7.73. The van der Waals surface area contributed by atoms with Crippen LogP contribution in [0.25, 0.3) is 0 Å². The van der Waals surface area contributed by atoms with Gasteiger partial charge in [0.1, 0.15) is 5.82 Å². The summed E-state index contributed by atoms with van der Waals surface area (Å²) in [5, 5.41) is 0. The van der Waals surface area contributed by atoms with Gasteiger partial charge in [-0.05, 0) is 46.2 Å². The number of hydrogen-bond donors (Lipinski definition) is 1. The smallest absolute Gasteiger partial charge is 0.398 e. The minimum absolute atomic E-state index is 0.348. The molecule has 0 atom stereocenters. The summed E-state index contributed by atoms with van der Waals surface area (Å²) < 4.78 is 11.8. The average molecular weight is 234 g/mol. The maximum Gasteiger partial charge on any atom is 0.514 e. The Bertz CT molecular complexity index is 430. The Labute approximate surface area is 103 Å². The third-order valence-corrected chi connectivity index (χ3v) is 3.65. The van der Waals surface area contributed by atoms with Crippen LogP contribution in [0, 0.1) is 6.92 Å². The zero-order valence-electron chi connectivity index (χ0n) is 11.1. The van der Waals surface area contributed by atoms with E-state index in [-0.39, 0.29) is 11.2 Å². The van der Waals surface area contributed by atoms with Gasteiger partial charge in [0.15, 0.2) is 0 Å². The van der Waals surface area contributed by atoms with Crippen molar-refractivity contribution in [3.8, 4) is 0 Å². The summed E-state index contributed by atoms with van der Waals surface area (Å²) in [6.45, 7) is 10.0. The summed E-state index contributed by atoms with van der Waals surface area (Å²) in [5.74, 6) is 0.525. The molecule has 1 aromatic heterocycles. The highest BCUT2D eigenvalue weighted by atomic mass is 16.7. The first-order valence-corrected chi connectivity index (χ1v) is 5.81. The third-order valence-electron chi connectivity index (χ3n) is 3.65. The molecule has 1 aromatic rings. The monoisotopic (exact) mass is 234 g/mol. The lowest BCUT2D eigenvalue weighted by Crippen LogP contribution is -2.41. The Hall–Kier alpha value is -1.07. The summed E-state index contributed by atoms with van der Waals surface area (Å²) in [5.41, 5.74) is 6.80. The van der Waals surface area contributed by atoms with Crippen LogP contribution in [0.4, 0.5) is 5.82 Å². The maximum absolute atomic E-state index is 5.90. The molecule has 1 aliphatic heterocycles. The molecule has 1 saturated heterocycles. The van der Waals surface area contributed by atoms with Gasteiger partial charge in [0.05, 0.1) is 16.8 Å². The largest absolute Gasteiger partial charge is 0.514 e. The molecule has 5 heteroatoms. The minimum atomic E-state index is -0.442. The summed E-state index contributed by atoms with van der Waals surface area (Å²) in [7, 11) is -0.442. The number of aryl methyl sites for hydroxylation is 1. The molecular formula is C12H19BN2O2. The van der Waals surface area contributed by atoms with Gasteiger partial charge in [-0.25, -0.2) is 4.98 Å². The molecule has 1 fully saturated rings. The molecule has 17 heavy (non-hydrogen) atoms. The van der Waals surface area contributed by atoms with Crippen molar-refractivity contribution in [2.75, 3.05) is 5.73 Å². The molecule has 0 spiro atoms. The van der Waals surface area contributed by atoms with Crippen molar-refractivity contribution in [3.05, 3.63) is 17.7 Å². The second-order valence-corrected chi connectivity index (χ2v) is 5.53. The van der Waals surface area contributed by atoms with Gasteiger partial charge < -0.3 is 15.0 Å². The van der Waals surface area contributed by atoms with Crippen molar-refractivity contribution < 1.29 is 9.31 Å². The topological polar surface area (TPSA) is 57.4 Å². The molecule has 2 rings (SSSR count). The van der Waals surface area contributed by atoms with Crippen molar-refractivity contribution in [1.82, 2.24) is 4.98 Å². The molecule has 0 bridgehead atoms. The molecule has 0 radical (unpaired) electrons. The molecule has 2 N–H and O–H groups in total. The van der Waals surface area contributed by atoms with Crippen LogP contribution >= 0.6 is 0 Å². The van der Waals surface area contributed by atoms with E-state index in [9.17, 15) is 0 Å². The standard InChI is InChI=1S/C12H19BN2O2/c1-8-6-7-9(15-10(8)14)13-16-11(2,3)12(4,5)17-13/h6-7H,1-5H3,(H2,14,15). The molecule has 0 aliphatic carbocycles. The molecule has 1 aliphatic rings. The second kappa shape index (κ2) is 3.72. The Balaban J connectivity index is 2.29. The maximum atomic E-state index is 5.90. The molecular weight excluding hydrogens is 215 g/mol. The van der Waals surface area contributed by atoms with Gasteiger partial charge >= 0.3 is 7.12 Å². The van der Waals surface area contributed by atoms with E-state index < -0.39 is 7.12 Å². The van der Waals surface area contributed by atoms with Gasteiger partial charge in [0.2, 0.25) is 0 Å². The van der Waals surface area contributed by atoms with Crippen LogP contribution in [0.5, 0.6) is 0 Å². The Kier molecular flexibility index (Phi) is 2.71. The van der Waals surface area contributed by atoms with Crippen LogP contribution in [0.15, 0.2) is 12.1 Å². The van der Waals surface area contributed by atoms with E-state index >= 15 is 0 Å². The molecule has 4 nitrogen and oxygen atoms in total. The highest BCUT2D eigenvalue weighted by Gasteiger charge is 2.52. The zero-order chi connectivity index (χ0) is 12.8. The van der Waals surface area contributed by atoms with E-state index in [0.29, 0.717) is 5.82 Å². The summed E-state index contributed by atoms with van der Waals surface area (Å²) in [4.78, 5) is 4.31. The molecule has 0 saturated carbocycles. The molecule has 0 unspecified atom stereocenters. The normalized spacial score (nSPS) is 21.8. The number of nitrogens with zero attached hydrogens (tertiary/aromatic N) is 1. The summed E-state index contributed by atoms with van der Waals surface area (Å²) in [6.07, 6.45) is 0. The molecule has 92 valence electrons. The van der Waals surface area contributed by atoms with E-state index in [2.05, 4.69) is 4.98 Å². The van der Waals surface area contributed by atoms with Gasteiger partial charge in [-0.3, -0.25) is 0 Å². The quantitative estimate of drug-likeness (QED) is 0.743. The number of pyridine rings is 1. The fourth-order valence-corrected chi connectivity index (χ4v) is 1.66. The van der Waals surface area contributed by atoms with Crippen LogP contribution in [-0.4, -0.2) is 23.3 Å². The van der Waals surface area contributed by atoms with Crippen molar-refractivity contribution in [1.29, 1.82) is 0 Å². The number of anilines is 1. The lowest BCUT2D eigenvalue weighted by molar-refractivity contribution is 0.00578. The van der Waals surface area contributed by atoms with Gasteiger partial charge in [-0.15, -0.1) is 0 Å². The van der Waals surface area contributed by atoms with E-state index in [1.54, 1.807) is 0 Å². The zero-order valence-corrected chi connectivity index (χ0v) is 11.1. The summed E-state index contributed by atoms with van der Waals surface area (Å²) in [6, 6.07) is 3.83. The Morgan fingerprint density at radius 1 is 1.12 bits per heavy atom. The van der Waals surface area contributed by atoms with Crippen LogP contribution in [0.3, 0.4) is 0 Å². The first kappa shape index (κ1) is 12.4. The van der Waals surface area contributed by atoms with E-state index in [0.717, 1.165) is 11.2 Å². The number of rotatable bonds is 1. The third kappa shape index (κ3) is 2.05. The molecule has 0 aromatic carbocycles. The van der Waals surface area contributed by atoms with Crippen molar-refractivity contribution in [2.24, 2.45) is 0 Å². The fourth-order valence-electron chi connectivity index (χ4n) is 1.66. The van der Waals surface area contributed by atoms with E-state index in [1.165, 1.54) is 0 Å². The molecule has 2 heterocycles. The number of nitrogens with two attached hydrogens (primary N) is 1. The van der Waals surface area contributed by atoms with Crippen LogP contribution in [0.1, 0.15) is 33.3 Å². The lowest BCUT2D eigenvalue weighted by Gasteiger charge is -2.32. The van der Waals surface area contributed by atoms with E-state index in [1.807, 2.05) is 46.8 Å². The van der Waals surface area contributed by atoms with Crippen molar-refractivity contribution >= 4 is 18.5 Å². The van der Waals surface area contributed by atoms with Gasteiger partial charge in [0.25, 0.3) is 0 Å². The first-order valence-electron chi connectivity index (χ1n) is 5.81. The number of aromatic nitrogens is 1. The number of hydrogen-bond acceptors (Lipinski definition) is 4. The Morgan fingerprint density at radius 2 is 1.65 bits per heavy atom. The summed E-state index contributed by atoms with van der Waals surface area (Å²) >= 11 is 0. The average Bonchev–Trinajstić information content (AvgIpc) is 2.41.